The molecule has 1 saturated heterocycles. The topological polar surface area (TPSA) is 54.0 Å². The molecule has 0 bridgehead atoms. The summed E-state index contributed by atoms with van der Waals surface area (Å²) in [5.41, 5.74) is 2.21. The lowest BCUT2D eigenvalue weighted by Gasteiger charge is -2.27. The lowest BCUT2D eigenvalue weighted by Crippen LogP contribution is -2.35. The molecule has 2 rings (SSSR count). The molecule has 1 aliphatic rings. The van der Waals surface area contributed by atoms with Crippen LogP contribution in [0, 0.1) is 0 Å². The van der Waals surface area contributed by atoms with E-state index in [0.717, 1.165) is 56.3 Å². The van der Waals surface area contributed by atoms with Crippen LogP contribution >= 0.6 is 0 Å². The predicted octanol–water partition coefficient (Wildman–Crippen LogP) is 1.26. The van der Waals surface area contributed by atoms with E-state index in [1.165, 1.54) is 0 Å². The largest absolute Gasteiger partial charge is 0.496 e. The molecule has 6 heteroatoms. The molecule has 138 valence electrons. The summed E-state index contributed by atoms with van der Waals surface area (Å²) in [5.74, 6) is 0.805. The molecule has 1 aromatic carbocycles. The number of hydrogen-bond donors (Lipinski definition) is 1. The third-order valence-electron chi connectivity index (χ3n) is 4.05. The van der Waals surface area contributed by atoms with Gasteiger partial charge >= 0.3 is 0 Å². The first-order valence-electron chi connectivity index (χ1n) is 8.63. The zero-order valence-corrected chi connectivity index (χ0v) is 15.5. The van der Waals surface area contributed by atoms with E-state index in [2.05, 4.69) is 16.3 Å². The van der Waals surface area contributed by atoms with Gasteiger partial charge < -0.3 is 19.7 Å². The maximum atomic E-state index is 11.9. The maximum absolute atomic E-state index is 11.9. The molecular weight excluding hydrogens is 318 g/mol. The second-order valence-electron chi connectivity index (χ2n) is 6.42. The Balaban J connectivity index is 1.93. The van der Waals surface area contributed by atoms with Crippen LogP contribution in [-0.2, 0) is 22.6 Å². The van der Waals surface area contributed by atoms with E-state index in [1.807, 2.05) is 37.2 Å². The van der Waals surface area contributed by atoms with Crippen LogP contribution in [0.4, 0.5) is 0 Å². The lowest BCUT2D eigenvalue weighted by molar-refractivity contribution is -0.116. The van der Waals surface area contributed by atoms with Crippen LogP contribution in [0.3, 0.4) is 0 Å². The monoisotopic (exact) mass is 347 g/mol. The van der Waals surface area contributed by atoms with Crippen LogP contribution in [0.25, 0.3) is 0 Å². The summed E-state index contributed by atoms with van der Waals surface area (Å²) in [5, 5.41) is 2.92. The highest BCUT2D eigenvalue weighted by Crippen LogP contribution is 2.22. The Morgan fingerprint density at radius 1 is 1.36 bits per heavy atom. The number of methoxy groups -OCH3 is 1. The van der Waals surface area contributed by atoms with Crippen molar-refractivity contribution in [2.24, 2.45) is 0 Å². The third-order valence-corrected chi connectivity index (χ3v) is 4.05. The van der Waals surface area contributed by atoms with Gasteiger partial charge in [0.1, 0.15) is 5.75 Å². The highest BCUT2D eigenvalue weighted by atomic mass is 16.5. The summed E-state index contributed by atoms with van der Waals surface area (Å²) in [7, 11) is 5.63. The first-order valence-corrected chi connectivity index (χ1v) is 8.63. The van der Waals surface area contributed by atoms with E-state index < -0.39 is 0 Å². The minimum absolute atomic E-state index is 0.0765. The van der Waals surface area contributed by atoms with E-state index in [4.69, 9.17) is 9.47 Å². The molecule has 0 saturated carbocycles. The van der Waals surface area contributed by atoms with E-state index in [9.17, 15) is 4.79 Å². The van der Waals surface area contributed by atoms with E-state index in [0.29, 0.717) is 6.54 Å². The molecule has 0 aliphatic carbocycles. The molecule has 0 atom stereocenters. The number of nitrogens with one attached hydrogen (secondary N) is 1. The van der Waals surface area contributed by atoms with Gasteiger partial charge in [-0.3, -0.25) is 9.69 Å². The fourth-order valence-corrected chi connectivity index (χ4v) is 2.68. The zero-order chi connectivity index (χ0) is 18.1. The standard InChI is InChI=1S/C19H29N3O3/c1-21(2)8-4-5-19(23)20-14-16-6-7-18(24-3)17(13-16)15-22-9-11-25-12-10-22/h4-7,13H,8-12,14-15H2,1-3H3,(H,20,23)/b5-4+. The molecule has 0 unspecified atom stereocenters. The Hall–Kier alpha value is -1.89. The van der Waals surface area contributed by atoms with Gasteiger partial charge in [-0.25, -0.2) is 0 Å². The lowest BCUT2D eigenvalue weighted by atomic mass is 10.1. The number of ether oxygens (including phenoxy) is 2. The number of amides is 1. The fourth-order valence-electron chi connectivity index (χ4n) is 2.68. The Morgan fingerprint density at radius 3 is 2.80 bits per heavy atom. The van der Waals surface area contributed by atoms with Crippen molar-refractivity contribution in [3.63, 3.8) is 0 Å². The predicted molar refractivity (Wildman–Crippen MR) is 98.6 cm³/mol. The summed E-state index contributed by atoms with van der Waals surface area (Å²) in [4.78, 5) is 16.2. The van der Waals surface area contributed by atoms with Crippen LogP contribution in [0.5, 0.6) is 5.75 Å². The first-order chi connectivity index (χ1) is 12.1. The minimum Gasteiger partial charge on any atom is -0.496 e. The van der Waals surface area contributed by atoms with E-state index in [1.54, 1.807) is 13.2 Å². The summed E-state index contributed by atoms with van der Waals surface area (Å²) in [6, 6.07) is 6.07. The Bertz CT molecular complexity index is 581. The molecule has 1 aromatic rings. The number of rotatable bonds is 8. The number of carbonyl (C=O) groups is 1. The van der Waals surface area contributed by atoms with Crippen molar-refractivity contribution in [2.75, 3.05) is 54.1 Å². The molecular formula is C19H29N3O3. The molecule has 1 heterocycles. The molecule has 25 heavy (non-hydrogen) atoms. The molecule has 6 nitrogen and oxygen atoms in total. The molecule has 1 fully saturated rings. The third kappa shape index (κ3) is 6.86. The number of benzene rings is 1. The molecule has 0 aromatic heterocycles. The molecule has 0 spiro atoms. The van der Waals surface area contributed by atoms with Gasteiger partial charge in [0.25, 0.3) is 0 Å². The van der Waals surface area contributed by atoms with Gasteiger partial charge in [0.05, 0.1) is 20.3 Å². The van der Waals surface area contributed by atoms with Crippen molar-refractivity contribution in [1.82, 2.24) is 15.1 Å². The van der Waals surface area contributed by atoms with Crippen LogP contribution in [0.1, 0.15) is 11.1 Å². The van der Waals surface area contributed by atoms with Gasteiger partial charge in [-0.05, 0) is 31.8 Å². The Morgan fingerprint density at radius 2 is 2.12 bits per heavy atom. The molecule has 0 radical (unpaired) electrons. The Labute approximate surface area is 150 Å². The number of carbonyl (C=O) groups excluding carboxylic acids is 1. The maximum Gasteiger partial charge on any atom is 0.243 e. The van der Waals surface area contributed by atoms with E-state index >= 15 is 0 Å². The number of morpholine rings is 1. The minimum atomic E-state index is -0.0765. The van der Waals surface area contributed by atoms with Crippen molar-refractivity contribution in [3.05, 3.63) is 41.5 Å². The van der Waals surface area contributed by atoms with Gasteiger partial charge in [0.2, 0.25) is 5.91 Å². The SMILES string of the molecule is COc1ccc(CNC(=O)/C=C/CN(C)C)cc1CN1CCOCC1. The number of hydrogen-bond acceptors (Lipinski definition) is 5. The smallest absolute Gasteiger partial charge is 0.243 e. The first kappa shape index (κ1) is 19.4. The van der Waals surface area contributed by atoms with Crippen molar-refractivity contribution < 1.29 is 14.3 Å². The van der Waals surface area contributed by atoms with Crippen molar-refractivity contribution in [2.45, 2.75) is 13.1 Å². The molecule has 1 aliphatic heterocycles. The normalized spacial score (nSPS) is 15.7. The van der Waals surface area contributed by atoms with Gasteiger partial charge in [-0.1, -0.05) is 12.1 Å². The summed E-state index contributed by atoms with van der Waals surface area (Å²) >= 11 is 0. The van der Waals surface area contributed by atoms with Crippen molar-refractivity contribution in [3.8, 4) is 5.75 Å². The highest BCUT2D eigenvalue weighted by molar-refractivity contribution is 5.87. The molecule has 1 amide bonds. The van der Waals surface area contributed by atoms with Gasteiger partial charge in [-0.2, -0.15) is 0 Å². The fraction of sp³-hybridized carbons (Fsp3) is 0.526. The van der Waals surface area contributed by atoms with Crippen LogP contribution in [0.2, 0.25) is 0 Å². The van der Waals surface area contributed by atoms with Crippen molar-refractivity contribution in [1.29, 1.82) is 0 Å². The second-order valence-corrected chi connectivity index (χ2v) is 6.42. The molecule has 1 N–H and O–H groups in total. The van der Waals surface area contributed by atoms with Gasteiger partial charge in [0.15, 0.2) is 0 Å². The van der Waals surface area contributed by atoms with Gasteiger partial charge in [0, 0.05) is 44.4 Å². The Kier molecular flexibility index (Phi) is 7.91. The zero-order valence-electron chi connectivity index (χ0n) is 15.5. The number of nitrogens with zero attached hydrogens (tertiary/aromatic N) is 2. The quantitative estimate of drug-likeness (QED) is 0.718. The van der Waals surface area contributed by atoms with Crippen LogP contribution in [0.15, 0.2) is 30.4 Å². The highest BCUT2D eigenvalue weighted by Gasteiger charge is 2.14. The average molecular weight is 347 g/mol. The summed E-state index contributed by atoms with van der Waals surface area (Å²) in [6.45, 7) is 5.50. The van der Waals surface area contributed by atoms with Crippen molar-refractivity contribution >= 4 is 5.91 Å². The average Bonchev–Trinajstić information content (AvgIpc) is 2.61. The second kappa shape index (κ2) is 10.2. The van der Waals surface area contributed by atoms with E-state index in [-0.39, 0.29) is 5.91 Å². The summed E-state index contributed by atoms with van der Waals surface area (Å²) < 4.78 is 10.9. The van der Waals surface area contributed by atoms with Crippen LogP contribution < -0.4 is 10.1 Å². The summed E-state index contributed by atoms with van der Waals surface area (Å²) in [6.07, 6.45) is 3.44. The number of likely N-dealkylation sites (N-methyl/N-ethyl adjacent to an activating group) is 1. The van der Waals surface area contributed by atoms with Crippen LogP contribution in [-0.4, -0.2) is 69.8 Å². The van der Waals surface area contributed by atoms with Gasteiger partial charge in [-0.15, -0.1) is 0 Å².